The maximum absolute atomic E-state index is 13.2. The Kier molecular flexibility index (Phi) is 3.41. The highest BCUT2D eigenvalue weighted by atomic mass is 19.1. The topological polar surface area (TPSA) is 50.8 Å². The van der Waals surface area contributed by atoms with Gasteiger partial charge in [-0.2, -0.15) is 14.8 Å². The van der Waals surface area contributed by atoms with E-state index in [0.717, 1.165) is 0 Å². The molecule has 0 spiro atoms. The van der Waals surface area contributed by atoms with Crippen molar-refractivity contribution in [3.63, 3.8) is 0 Å². The van der Waals surface area contributed by atoms with Crippen molar-refractivity contribution in [1.82, 2.24) is 9.78 Å². The minimum absolute atomic E-state index is 0.0544. The van der Waals surface area contributed by atoms with Crippen LogP contribution in [0, 0.1) is 17.3 Å². The van der Waals surface area contributed by atoms with E-state index in [-0.39, 0.29) is 6.42 Å². The summed E-state index contributed by atoms with van der Waals surface area (Å²) in [6.45, 7) is 0.776. The second-order valence-corrected chi connectivity index (χ2v) is 2.51. The van der Waals surface area contributed by atoms with Crippen LogP contribution >= 0.6 is 0 Å². The first kappa shape index (κ1) is 9.68. The Labute approximate surface area is 75.5 Å². The number of hydrogen-bond acceptors (Lipinski definition) is 3. The molecule has 0 aliphatic carbocycles. The van der Waals surface area contributed by atoms with E-state index >= 15 is 0 Å². The molecule has 0 aromatic carbocycles. The predicted molar refractivity (Wildman–Crippen MR) is 43.4 cm³/mol. The Morgan fingerprint density at radius 3 is 3.15 bits per heavy atom. The first-order valence-corrected chi connectivity index (χ1v) is 3.85. The monoisotopic (exact) mass is 183 g/mol. The molecular formula is C8H10FN3O. The Hall–Kier alpha value is -1.41. The van der Waals surface area contributed by atoms with Crippen molar-refractivity contribution in [2.24, 2.45) is 0 Å². The molecule has 1 aromatic heterocycles. The highest BCUT2D eigenvalue weighted by molar-refractivity contribution is 5.11. The SMILES string of the molecule is COCCn1ncc(CC#N)c1F. The van der Waals surface area contributed by atoms with Gasteiger partial charge in [0.25, 0.3) is 0 Å². The van der Waals surface area contributed by atoms with E-state index in [4.69, 9.17) is 10.00 Å². The fraction of sp³-hybridized carbons (Fsp3) is 0.500. The lowest BCUT2D eigenvalue weighted by Gasteiger charge is -2.00. The fourth-order valence-corrected chi connectivity index (χ4v) is 0.947. The third-order valence-corrected chi connectivity index (χ3v) is 1.62. The molecule has 0 fully saturated rings. The van der Waals surface area contributed by atoms with Gasteiger partial charge in [-0.15, -0.1) is 0 Å². The second-order valence-electron chi connectivity index (χ2n) is 2.51. The summed E-state index contributed by atoms with van der Waals surface area (Å²) in [4.78, 5) is 0. The summed E-state index contributed by atoms with van der Waals surface area (Å²) in [5, 5.41) is 12.1. The van der Waals surface area contributed by atoms with E-state index in [1.165, 1.54) is 18.0 Å². The zero-order valence-corrected chi connectivity index (χ0v) is 7.33. The highest BCUT2D eigenvalue weighted by Crippen LogP contribution is 2.06. The largest absolute Gasteiger partial charge is 0.383 e. The quantitative estimate of drug-likeness (QED) is 0.691. The Morgan fingerprint density at radius 1 is 1.77 bits per heavy atom. The molecule has 0 amide bonds. The number of aromatic nitrogens is 2. The normalized spacial score (nSPS) is 9.92. The molecule has 0 bridgehead atoms. The first-order chi connectivity index (χ1) is 6.29. The molecular weight excluding hydrogens is 173 g/mol. The molecule has 5 heteroatoms. The van der Waals surface area contributed by atoms with Gasteiger partial charge in [0, 0.05) is 12.7 Å². The van der Waals surface area contributed by atoms with Gasteiger partial charge >= 0.3 is 0 Å². The molecule has 13 heavy (non-hydrogen) atoms. The van der Waals surface area contributed by atoms with Crippen LogP contribution in [0.25, 0.3) is 0 Å². The molecule has 0 saturated heterocycles. The molecule has 0 radical (unpaired) electrons. The summed E-state index contributed by atoms with van der Waals surface area (Å²) in [6, 6.07) is 1.87. The number of halogens is 1. The summed E-state index contributed by atoms with van der Waals surface area (Å²) in [5.74, 6) is -0.446. The Morgan fingerprint density at radius 2 is 2.54 bits per heavy atom. The van der Waals surface area contributed by atoms with Crippen LogP contribution < -0.4 is 0 Å². The van der Waals surface area contributed by atoms with Crippen molar-refractivity contribution < 1.29 is 9.13 Å². The van der Waals surface area contributed by atoms with Gasteiger partial charge in [0.1, 0.15) is 0 Å². The minimum Gasteiger partial charge on any atom is -0.383 e. The second kappa shape index (κ2) is 4.58. The molecule has 0 unspecified atom stereocenters. The van der Waals surface area contributed by atoms with E-state index in [2.05, 4.69) is 5.10 Å². The van der Waals surface area contributed by atoms with Gasteiger partial charge in [-0.3, -0.25) is 0 Å². The number of hydrogen-bond donors (Lipinski definition) is 0. The van der Waals surface area contributed by atoms with Gasteiger partial charge in [-0.1, -0.05) is 0 Å². The van der Waals surface area contributed by atoms with Gasteiger partial charge in [-0.05, 0) is 0 Å². The van der Waals surface area contributed by atoms with Crippen molar-refractivity contribution in [3.05, 3.63) is 17.7 Å². The average molecular weight is 183 g/mol. The van der Waals surface area contributed by atoms with E-state index in [0.29, 0.717) is 18.7 Å². The number of methoxy groups -OCH3 is 1. The number of nitrogens with zero attached hydrogens (tertiary/aromatic N) is 3. The van der Waals surface area contributed by atoms with Crippen molar-refractivity contribution in [2.45, 2.75) is 13.0 Å². The molecule has 0 saturated carbocycles. The average Bonchev–Trinajstić information content (AvgIpc) is 2.46. The zero-order valence-electron chi connectivity index (χ0n) is 7.33. The number of nitriles is 1. The maximum atomic E-state index is 13.2. The smallest absolute Gasteiger partial charge is 0.215 e. The third-order valence-electron chi connectivity index (χ3n) is 1.62. The highest BCUT2D eigenvalue weighted by Gasteiger charge is 2.08. The van der Waals surface area contributed by atoms with Gasteiger partial charge in [0.2, 0.25) is 5.95 Å². The molecule has 0 aliphatic heterocycles. The van der Waals surface area contributed by atoms with Gasteiger partial charge in [0.05, 0.1) is 31.8 Å². The van der Waals surface area contributed by atoms with E-state index in [9.17, 15) is 4.39 Å². The van der Waals surface area contributed by atoms with Crippen molar-refractivity contribution in [1.29, 1.82) is 5.26 Å². The summed E-state index contributed by atoms with van der Waals surface area (Å²) in [5.41, 5.74) is 0.332. The van der Waals surface area contributed by atoms with Crippen LogP contribution in [0.3, 0.4) is 0 Å². The zero-order chi connectivity index (χ0) is 9.68. The molecule has 1 aromatic rings. The summed E-state index contributed by atoms with van der Waals surface area (Å²) in [6.07, 6.45) is 1.42. The van der Waals surface area contributed by atoms with Gasteiger partial charge < -0.3 is 4.74 Å². The molecule has 0 atom stereocenters. The van der Waals surface area contributed by atoms with Crippen LogP contribution in [0.5, 0.6) is 0 Å². The van der Waals surface area contributed by atoms with Crippen molar-refractivity contribution >= 4 is 0 Å². The molecule has 0 aliphatic rings. The molecule has 4 nitrogen and oxygen atoms in total. The molecule has 1 rings (SSSR count). The van der Waals surface area contributed by atoms with E-state index in [1.54, 1.807) is 0 Å². The molecule has 0 N–H and O–H groups in total. The molecule has 1 heterocycles. The van der Waals surface area contributed by atoms with Crippen LogP contribution in [0.15, 0.2) is 6.20 Å². The summed E-state index contributed by atoms with van der Waals surface area (Å²) in [7, 11) is 1.54. The minimum atomic E-state index is -0.446. The van der Waals surface area contributed by atoms with Crippen LogP contribution in [-0.4, -0.2) is 23.5 Å². The van der Waals surface area contributed by atoms with Crippen molar-refractivity contribution in [2.75, 3.05) is 13.7 Å². The van der Waals surface area contributed by atoms with Crippen LogP contribution in [0.1, 0.15) is 5.56 Å². The van der Waals surface area contributed by atoms with Gasteiger partial charge in [0.15, 0.2) is 0 Å². The standard InChI is InChI=1S/C8H10FN3O/c1-13-5-4-12-8(9)7(2-3-10)6-11-12/h6H,2,4-5H2,1H3. The Bertz CT molecular complexity index is 316. The van der Waals surface area contributed by atoms with E-state index in [1.807, 2.05) is 6.07 Å². The van der Waals surface area contributed by atoms with Crippen LogP contribution in [0.4, 0.5) is 4.39 Å². The Balaban J connectivity index is 2.69. The van der Waals surface area contributed by atoms with Gasteiger partial charge in [-0.25, -0.2) is 4.68 Å². The maximum Gasteiger partial charge on any atom is 0.215 e. The fourth-order valence-electron chi connectivity index (χ4n) is 0.947. The predicted octanol–water partition coefficient (Wildman–Crippen LogP) is 0.735. The van der Waals surface area contributed by atoms with Crippen LogP contribution in [0.2, 0.25) is 0 Å². The number of rotatable bonds is 4. The number of ether oxygens (including phenoxy) is 1. The lowest BCUT2D eigenvalue weighted by atomic mass is 10.3. The summed E-state index contributed by atoms with van der Waals surface area (Å²) < 4.78 is 19.2. The van der Waals surface area contributed by atoms with Crippen LogP contribution in [-0.2, 0) is 17.7 Å². The van der Waals surface area contributed by atoms with Crippen molar-refractivity contribution in [3.8, 4) is 6.07 Å². The lowest BCUT2D eigenvalue weighted by molar-refractivity contribution is 0.178. The summed E-state index contributed by atoms with van der Waals surface area (Å²) >= 11 is 0. The molecule has 70 valence electrons. The lowest BCUT2D eigenvalue weighted by Crippen LogP contribution is -2.08. The third kappa shape index (κ3) is 2.26. The van der Waals surface area contributed by atoms with E-state index < -0.39 is 5.95 Å². The first-order valence-electron chi connectivity index (χ1n) is 3.85.